The van der Waals surface area contributed by atoms with Crippen LogP contribution < -0.4 is 26.0 Å². The maximum absolute atomic E-state index is 13.0. The van der Waals surface area contributed by atoms with Crippen molar-refractivity contribution in [2.45, 2.75) is 115 Å². The summed E-state index contributed by atoms with van der Waals surface area (Å²) in [6.45, 7) is 10.8. The summed E-state index contributed by atoms with van der Waals surface area (Å²) in [5.41, 5.74) is 1.52. The number of aliphatic carboxylic acids is 1. The quantitative estimate of drug-likeness (QED) is 0.0268. The van der Waals surface area contributed by atoms with Crippen LogP contribution in [0.15, 0.2) is 60.8 Å². The van der Waals surface area contributed by atoms with Gasteiger partial charge in [0.1, 0.15) is 37.3 Å². The number of aromatic nitrogens is 1. The summed E-state index contributed by atoms with van der Waals surface area (Å²) in [5, 5.41) is 65.3. The third kappa shape index (κ3) is 17.1. The van der Waals surface area contributed by atoms with Gasteiger partial charge in [-0.15, -0.1) is 6.54 Å². The van der Waals surface area contributed by atoms with Crippen LogP contribution in [0, 0.1) is 23.7 Å². The van der Waals surface area contributed by atoms with Crippen molar-refractivity contribution in [2.24, 2.45) is 16.2 Å². The first-order chi connectivity index (χ1) is 38.4. The average Bonchev–Trinajstić information content (AvgIpc) is 1.04. The number of anilines is 1. The number of aliphatic hydroxyl groups is 3. The summed E-state index contributed by atoms with van der Waals surface area (Å²) in [7, 11) is 1.50. The normalized spacial score (nSPS) is 26.8. The van der Waals surface area contributed by atoms with Gasteiger partial charge in [-0.25, -0.2) is 19.4 Å². The molecule has 8 rings (SSSR count). The second-order valence-corrected chi connectivity index (χ2v) is 21.9. The SMILES string of the molecule is C=C/C(=C(/C)NCC12CC3(C)CC(C)(C1)CC(OCC[N-]C(=O)OCc1ccc(NC(=O)O[C@@H]4OC(C(=O)O)[C@@H](O)[C@H](O)[C@H]4O)c(OCCOCCNC(=O)CCN4C(=O)C=CC4=O)c1)(C3)C2)c1ccc(CC(=O)NC)nc1C(=O)O.[CH3-].[Y]. The molecule has 0 spiro atoms. The summed E-state index contributed by atoms with van der Waals surface area (Å²) < 4.78 is 33.8. The molecule has 1 aromatic heterocycles. The summed E-state index contributed by atoms with van der Waals surface area (Å²) in [5.74, 6) is -4.60. The number of ether oxygens (including phenoxy) is 6. The van der Waals surface area contributed by atoms with Crippen LogP contribution in [-0.4, -0.2) is 179 Å². The molecule has 3 unspecified atom stereocenters. The molecular weight excluding hydrogens is 1160 g/mol. The molecule has 2 aromatic rings. The first-order valence-corrected chi connectivity index (χ1v) is 26.4. The van der Waals surface area contributed by atoms with Crippen LogP contribution >= 0.6 is 0 Å². The topological polar surface area (TPSA) is 371 Å². The standard InChI is InChI=1S/C55H71N7O19.CH3.Y/c1-6-34(35-9-8-33(22-39(64)56-5)60-42(35)47(70)71)31(2)59-30-54-25-52(3)24-53(4,26-54)28-55(27-52,29-54)79-18-15-58-50(74)78-23-32-7-10-36(61-51(75)81-49-45(69)43(67)44(68)46(80-49)48(72)73)37(21-32)77-20-19-76-17-14-57-38(63)13-16-62-40(65)11-12-41(62)66;;/h6-12,21,43-46,49,59,67-69H,1,13-20,22-30H2,2-5H3,(H6,56,57,58,61,63,64,70,71,72,73,74,75);1H3;/q;-1;/p-1/b34-31+;;/t43-,44-,45+,46?,49-,52?,53?,54?,55?;;/m0../s1. The smallest absolute Gasteiger partial charge is 0.414 e. The van der Waals surface area contributed by atoms with Crippen molar-refractivity contribution in [3.8, 4) is 5.75 Å². The fourth-order valence-corrected chi connectivity index (χ4v) is 12.7. The van der Waals surface area contributed by atoms with Crippen molar-refractivity contribution in [1.29, 1.82) is 0 Å². The van der Waals surface area contributed by atoms with Gasteiger partial charge in [0.05, 0.1) is 36.6 Å². The molecule has 5 fully saturated rings. The van der Waals surface area contributed by atoms with E-state index in [1.54, 1.807) is 18.2 Å². The molecule has 7 atom stereocenters. The Bertz CT molecular complexity index is 2790. The molecular formula is C56H73N7O19Y-2. The Kier molecular flexibility index (Phi) is 23.5. The van der Waals surface area contributed by atoms with E-state index < -0.39 is 78.2 Å². The minimum absolute atomic E-state index is 0. The Morgan fingerprint density at radius 1 is 0.880 bits per heavy atom. The molecule has 1 saturated heterocycles. The molecule has 6 aliphatic rings. The van der Waals surface area contributed by atoms with Crippen molar-refractivity contribution in [3.63, 3.8) is 0 Å². The Morgan fingerprint density at radius 3 is 2.23 bits per heavy atom. The second kappa shape index (κ2) is 28.9. The van der Waals surface area contributed by atoms with Gasteiger partial charge >= 0.3 is 18.0 Å². The van der Waals surface area contributed by atoms with Crippen molar-refractivity contribution in [2.75, 3.05) is 65.0 Å². The van der Waals surface area contributed by atoms with Crippen LogP contribution in [0.4, 0.5) is 15.3 Å². The molecule has 26 nitrogen and oxygen atoms in total. The molecule has 3 heterocycles. The maximum atomic E-state index is 13.0. The number of imide groups is 1. The molecule has 4 saturated carbocycles. The van der Waals surface area contributed by atoms with E-state index in [-0.39, 0.29) is 145 Å². The molecule has 4 aliphatic carbocycles. The van der Waals surface area contributed by atoms with Crippen molar-refractivity contribution >= 4 is 59.0 Å². The number of allylic oxidation sites excluding steroid dienone is 3. The summed E-state index contributed by atoms with van der Waals surface area (Å²) in [6.07, 6.45) is -3.18. The number of hydrogen-bond acceptors (Lipinski definition) is 19. The zero-order chi connectivity index (χ0) is 58.9. The maximum Gasteiger partial charge on any atom is 0.414 e. The van der Waals surface area contributed by atoms with Crippen LogP contribution in [0.1, 0.15) is 93.0 Å². The second-order valence-electron chi connectivity index (χ2n) is 21.9. The van der Waals surface area contributed by atoms with Gasteiger partial charge in [0.25, 0.3) is 11.8 Å². The van der Waals surface area contributed by atoms with E-state index in [0.717, 1.165) is 61.3 Å². The molecule has 83 heavy (non-hydrogen) atoms. The summed E-state index contributed by atoms with van der Waals surface area (Å²) >= 11 is 0. The van der Waals surface area contributed by atoms with Gasteiger partial charge in [-0.1, -0.05) is 38.6 Å². The number of nitrogens with one attached hydrogen (secondary N) is 4. The van der Waals surface area contributed by atoms with Crippen LogP contribution in [0.3, 0.4) is 0 Å². The zero-order valence-corrected chi connectivity index (χ0v) is 49.9. The number of benzene rings is 1. The van der Waals surface area contributed by atoms with E-state index in [4.69, 9.17) is 28.4 Å². The fourth-order valence-electron chi connectivity index (χ4n) is 12.7. The summed E-state index contributed by atoms with van der Waals surface area (Å²) in [4.78, 5) is 103. The molecule has 27 heteroatoms. The first-order valence-electron chi connectivity index (χ1n) is 26.4. The molecule has 2 aliphatic heterocycles. The van der Waals surface area contributed by atoms with Crippen molar-refractivity contribution in [3.05, 3.63) is 96.1 Å². The number of carbonyl (C=O) groups is 8. The van der Waals surface area contributed by atoms with Crippen LogP contribution in [0.25, 0.3) is 10.9 Å². The van der Waals surface area contributed by atoms with Crippen LogP contribution in [0.2, 0.25) is 0 Å². The number of hydrogen-bond donors (Lipinski definition) is 9. The number of likely N-dealkylation sites (N-methyl/N-ethyl adjacent to an activating group) is 1. The Balaban J connectivity index is 0.00000631. The molecule has 451 valence electrons. The molecule has 9 N–H and O–H groups in total. The van der Waals surface area contributed by atoms with Gasteiger partial charge in [0.15, 0.2) is 11.8 Å². The number of rotatable bonds is 27. The van der Waals surface area contributed by atoms with Gasteiger partial charge < -0.3 is 82.6 Å². The number of aliphatic hydroxyl groups excluding tert-OH is 3. The molecule has 1 radical (unpaired) electrons. The number of carboxylic acid groups (broad SMARTS) is 2. The average molecular weight is 1240 g/mol. The van der Waals surface area contributed by atoms with E-state index in [1.165, 1.54) is 25.2 Å². The van der Waals surface area contributed by atoms with Gasteiger partial charge in [0, 0.05) is 101 Å². The van der Waals surface area contributed by atoms with E-state index in [9.17, 15) is 63.9 Å². The number of carbonyl (C=O) groups excluding carboxylic acids is 6. The molecule has 6 amide bonds. The minimum atomic E-state index is -2.03. The monoisotopic (exact) mass is 1240 g/mol. The van der Waals surface area contributed by atoms with Crippen LogP contribution in [-0.2, 0) is 93.4 Å². The third-order valence-electron chi connectivity index (χ3n) is 15.0. The van der Waals surface area contributed by atoms with E-state index in [0.29, 0.717) is 28.9 Å². The Labute approximate surface area is 505 Å². The number of nitrogens with zero attached hydrogens (tertiary/aromatic N) is 3. The van der Waals surface area contributed by atoms with E-state index in [2.05, 4.69) is 52.0 Å². The fraction of sp³-hybridized carbons (Fsp3) is 0.536. The van der Waals surface area contributed by atoms with Gasteiger partial charge in [-0.05, 0) is 85.5 Å². The van der Waals surface area contributed by atoms with E-state index in [1.807, 2.05) is 6.92 Å². The largest absolute Gasteiger partial charge is 0.615 e. The van der Waals surface area contributed by atoms with Gasteiger partial charge in [-0.2, -0.15) is 0 Å². The van der Waals surface area contributed by atoms with Gasteiger partial charge in [0.2, 0.25) is 24.2 Å². The van der Waals surface area contributed by atoms with Crippen molar-refractivity contribution < 1.29 is 125 Å². The Hall–Kier alpha value is -6.39. The third-order valence-corrected chi connectivity index (χ3v) is 15.0. The van der Waals surface area contributed by atoms with Crippen molar-refractivity contribution in [1.82, 2.24) is 25.8 Å². The van der Waals surface area contributed by atoms with Crippen LogP contribution in [0.5, 0.6) is 5.75 Å². The number of pyridine rings is 1. The molecule has 4 bridgehead atoms. The zero-order valence-electron chi connectivity index (χ0n) is 47.1. The number of carboxylic acids is 2. The Morgan fingerprint density at radius 2 is 1.58 bits per heavy atom. The predicted octanol–water partition coefficient (Wildman–Crippen LogP) is 3.14. The van der Waals surface area contributed by atoms with Gasteiger partial charge in [-0.3, -0.25) is 34.2 Å². The van der Waals surface area contributed by atoms with E-state index >= 15 is 0 Å². The first kappa shape index (κ1) is 67.4. The number of amides is 6. The number of aromatic carboxylic acids is 1. The predicted molar refractivity (Wildman–Crippen MR) is 290 cm³/mol. The summed E-state index contributed by atoms with van der Waals surface area (Å²) in [6, 6.07) is 7.60. The minimum Gasteiger partial charge on any atom is -0.615 e. The molecule has 1 aromatic carbocycles.